The highest BCUT2D eigenvalue weighted by Crippen LogP contribution is 2.58. The van der Waals surface area contributed by atoms with Crippen LogP contribution in [0.3, 0.4) is 0 Å². The fraction of sp³-hybridized carbons (Fsp3) is 0.531. The number of nitrogens with two attached hydrogens (primary N) is 3. The van der Waals surface area contributed by atoms with Gasteiger partial charge in [0, 0.05) is 23.9 Å². The Morgan fingerprint density at radius 1 is 0.566 bits per heavy atom. The smallest absolute Gasteiger partial charge is 0.339 e. The third-order valence-electron chi connectivity index (χ3n) is 17.9. The average Bonchev–Trinajstić information content (AvgIpc) is 3.41. The molecule has 0 radical (unpaired) electrons. The number of ether oxygens (including phenoxy) is 4. The van der Waals surface area contributed by atoms with Crippen LogP contribution in [-0.2, 0) is 0 Å². The lowest BCUT2D eigenvalue weighted by molar-refractivity contribution is -0.0835. The Hall–Kier alpha value is -7.22. The van der Waals surface area contributed by atoms with Crippen LogP contribution in [0.1, 0.15) is 218 Å². The largest absolute Gasteiger partial charge is 0.490 e. The molecule has 4 heterocycles. The first-order valence-corrected chi connectivity index (χ1v) is 29.7. The molecule has 3 amide bonds. The molecule has 19 nitrogen and oxygen atoms in total. The summed E-state index contributed by atoms with van der Waals surface area (Å²) in [6.45, 7) is 7.14. The first-order valence-electron chi connectivity index (χ1n) is 29.7. The number of carbonyl (C=O) groups excluding carboxylic acids is 3. The van der Waals surface area contributed by atoms with Crippen molar-refractivity contribution in [1.82, 2.24) is 24.5 Å². The molecule has 4 aromatic heterocycles. The number of rotatable bonds is 19. The average molecular weight is 1140 g/mol. The SMILES string of the molecule is CC(C)(O)COc1ccc2c(C(=O)NC3CC4(C3)CC(Oc3cc(C5CC5)ccc3C(N)=O)C4)cnn2c1C1CC1.CC(C)(O)COc1ccc2c(C(=O)O)cnn2c1C1CC1.NC(=O)c1ccc(C2CC2)cc1OC1CC2(CC(N)C2)C1. The highest BCUT2D eigenvalue weighted by Gasteiger charge is 2.55. The number of hydrogen-bond acceptors (Lipinski definition) is 13. The number of nitrogens with one attached hydrogen (secondary N) is 1. The molecule has 6 aromatic rings. The maximum absolute atomic E-state index is 13.3. The maximum Gasteiger partial charge on any atom is 0.339 e. The van der Waals surface area contributed by atoms with Gasteiger partial charge in [-0.15, -0.1) is 0 Å². The van der Waals surface area contributed by atoms with Crippen molar-refractivity contribution in [3.63, 3.8) is 0 Å². The minimum atomic E-state index is -0.989. The van der Waals surface area contributed by atoms with Gasteiger partial charge in [0.2, 0.25) is 0 Å². The van der Waals surface area contributed by atoms with Crippen LogP contribution < -0.4 is 41.5 Å². The predicted molar refractivity (Wildman–Crippen MR) is 309 cm³/mol. The van der Waals surface area contributed by atoms with Gasteiger partial charge in [-0.05, 0) is 213 Å². The molecule has 0 bridgehead atoms. The van der Waals surface area contributed by atoms with Gasteiger partial charge < -0.3 is 56.8 Å². The van der Waals surface area contributed by atoms with Crippen LogP contribution >= 0.6 is 0 Å². The third kappa shape index (κ3) is 12.4. The first kappa shape index (κ1) is 56.3. The number of carboxylic acids is 1. The lowest BCUT2D eigenvalue weighted by atomic mass is 9.53. The Bertz CT molecular complexity index is 3480. The molecule has 8 fully saturated rings. The van der Waals surface area contributed by atoms with Gasteiger partial charge >= 0.3 is 5.97 Å². The van der Waals surface area contributed by atoms with Crippen molar-refractivity contribution < 1.29 is 53.4 Å². The van der Waals surface area contributed by atoms with Crippen LogP contribution in [0.25, 0.3) is 11.0 Å². The van der Waals surface area contributed by atoms with Crippen LogP contribution in [0.15, 0.2) is 73.1 Å². The van der Waals surface area contributed by atoms with E-state index in [9.17, 15) is 34.5 Å². The topological polar surface area (TPSA) is 291 Å². The highest BCUT2D eigenvalue weighted by atomic mass is 16.5. The highest BCUT2D eigenvalue weighted by molar-refractivity contribution is 6.01. The van der Waals surface area contributed by atoms with Crippen molar-refractivity contribution >= 4 is 34.7 Å². The second-order valence-corrected chi connectivity index (χ2v) is 26.8. The summed E-state index contributed by atoms with van der Waals surface area (Å²) in [5.41, 5.74) is 23.1. The number of carboxylic acid groups (broad SMARTS) is 1. The molecule has 440 valence electrons. The van der Waals surface area contributed by atoms with Crippen molar-refractivity contribution in [2.24, 2.45) is 28.0 Å². The number of fused-ring (bicyclic) bond motifs is 2. The van der Waals surface area contributed by atoms with E-state index in [-0.39, 0.29) is 48.3 Å². The summed E-state index contributed by atoms with van der Waals surface area (Å²) in [5, 5.41) is 41.1. The molecule has 19 heteroatoms. The Labute approximate surface area is 482 Å². The summed E-state index contributed by atoms with van der Waals surface area (Å²) in [7, 11) is 0. The molecule has 10 N–H and O–H groups in total. The number of aliphatic hydroxyl groups is 2. The zero-order chi connectivity index (χ0) is 58.3. The number of hydrogen-bond donors (Lipinski definition) is 7. The third-order valence-corrected chi connectivity index (χ3v) is 17.9. The summed E-state index contributed by atoms with van der Waals surface area (Å²) < 4.78 is 27.5. The minimum absolute atomic E-state index is 0.0625. The van der Waals surface area contributed by atoms with Gasteiger partial charge in [0.25, 0.3) is 17.7 Å². The summed E-state index contributed by atoms with van der Waals surface area (Å²) in [5.74, 6) is 2.59. The molecule has 8 aliphatic rings. The number of carbonyl (C=O) groups is 4. The van der Waals surface area contributed by atoms with Crippen molar-refractivity contribution in [3.05, 3.63) is 118 Å². The van der Waals surface area contributed by atoms with Gasteiger partial charge in [0.15, 0.2) is 0 Å². The van der Waals surface area contributed by atoms with Crippen LogP contribution in [0.2, 0.25) is 0 Å². The van der Waals surface area contributed by atoms with Crippen molar-refractivity contribution in [2.45, 2.75) is 190 Å². The van der Waals surface area contributed by atoms with E-state index in [4.69, 9.17) is 36.1 Å². The summed E-state index contributed by atoms with van der Waals surface area (Å²) in [6.07, 6.45) is 20.4. The van der Waals surface area contributed by atoms with Gasteiger partial charge in [0.05, 0.1) is 74.9 Å². The molecule has 14 rings (SSSR count). The van der Waals surface area contributed by atoms with E-state index < -0.39 is 29.0 Å². The lowest BCUT2D eigenvalue weighted by Gasteiger charge is -2.57. The van der Waals surface area contributed by atoms with E-state index in [1.807, 2.05) is 47.0 Å². The van der Waals surface area contributed by atoms with Gasteiger partial charge in [0.1, 0.15) is 41.8 Å². The number of benzene rings is 2. The van der Waals surface area contributed by atoms with Gasteiger partial charge in [-0.25, -0.2) is 13.8 Å². The van der Waals surface area contributed by atoms with E-state index >= 15 is 0 Å². The Kier molecular flexibility index (Phi) is 14.5. The molecule has 8 saturated carbocycles. The summed E-state index contributed by atoms with van der Waals surface area (Å²) >= 11 is 0. The van der Waals surface area contributed by atoms with Gasteiger partial charge in [-0.2, -0.15) is 10.2 Å². The number of aromatic nitrogens is 4. The number of pyridine rings is 2. The minimum Gasteiger partial charge on any atom is -0.490 e. The normalized spacial score (nSPS) is 25.1. The van der Waals surface area contributed by atoms with E-state index in [1.165, 1.54) is 43.0 Å². The quantitative estimate of drug-likeness (QED) is 0.0399. The predicted octanol–water partition coefficient (Wildman–Crippen LogP) is 8.83. The van der Waals surface area contributed by atoms with Gasteiger partial charge in [-0.3, -0.25) is 14.4 Å². The van der Waals surface area contributed by atoms with Crippen molar-refractivity contribution in [1.29, 1.82) is 0 Å². The molecule has 83 heavy (non-hydrogen) atoms. The molecule has 2 aromatic carbocycles. The molecular weight excluding hydrogens is 1060 g/mol. The van der Waals surface area contributed by atoms with E-state index in [0.717, 1.165) is 94.0 Å². The molecule has 0 unspecified atom stereocenters. The number of amides is 3. The molecule has 0 aliphatic heterocycles. The molecule has 2 spiro atoms. The number of nitrogens with zero attached hydrogens (tertiary/aromatic N) is 4. The molecular formula is C64H78N8O11. The van der Waals surface area contributed by atoms with Crippen LogP contribution in [-0.4, -0.2) is 107 Å². The molecule has 8 aliphatic carbocycles. The second-order valence-electron chi connectivity index (χ2n) is 26.8. The van der Waals surface area contributed by atoms with Crippen LogP contribution in [0, 0.1) is 10.8 Å². The van der Waals surface area contributed by atoms with E-state index in [1.54, 1.807) is 56.6 Å². The Morgan fingerprint density at radius 2 is 0.976 bits per heavy atom. The Balaban J connectivity index is 0.000000136. The summed E-state index contributed by atoms with van der Waals surface area (Å²) in [4.78, 5) is 48.0. The van der Waals surface area contributed by atoms with Crippen LogP contribution in [0.5, 0.6) is 23.0 Å². The van der Waals surface area contributed by atoms with Crippen molar-refractivity contribution in [3.8, 4) is 23.0 Å². The Morgan fingerprint density at radius 3 is 1.36 bits per heavy atom. The van der Waals surface area contributed by atoms with Gasteiger partial charge in [-0.1, -0.05) is 12.1 Å². The first-order chi connectivity index (χ1) is 39.5. The van der Waals surface area contributed by atoms with Crippen LogP contribution in [0.4, 0.5) is 0 Å². The van der Waals surface area contributed by atoms with Crippen molar-refractivity contribution in [2.75, 3.05) is 13.2 Å². The van der Waals surface area contributed by atoms with E-state index in [2.05, 4.69) is 15.5 Å². The standard InChI is InChI=1S/C32H38N4O5.C17H22N2O2.C15H18N2O4/c1-31(2,39)17-40-26-10-9-25-24(16-34-36(25)28(26)19-5-6-19)30(38)35-21-12-32(13-21)14-22(15-32)41-27-11-20(18-3-4-18)7-8-23(27)29(33)37;18-12-6-17(7-12)8-13(9-17)21-15-5-11(10-1-2-10)3-4-14(15)16(19)20;1-15(2,20)8-21-12-6-5-11-10(14(18)19)7-16-17(11)13(12)9-3-4-9/h7-11,16,18-19,21-22,39H,3-6,12-15,17H2,1-2H3,(H2,33,37)(H,35,38);3-5,10,12-13H,1-2,6-9,18H2,(H2,19,20);5-7,9,20H,3-4,8H2,1-2H3,(H,18,19). The zero-order valence-corrected chi connectivity index (χ0v) is 47.9. The molecule has 0 saturated heterocycles. The number of primary amides is 2. The molecule has 0 atom stereocenters. The van der Waals surface area contributed by atoms with E-state index in [0.29, 0.717) is 80.3 Å². The second kappa shape index (κ2) is 21.4. The zero-order valence-electron chi connectivity index (χ0n) is 47.9. The fourth-order valence-electron chi connectivity index (χ4n) is 13.1. The summed E-state index contributed by atoms with van der Waals surface area (Å²) in [6, 6.07) is 19.4. The maximum atomic E-state index is 13.3. The fourth-order valence-corrected chi connectivity index (χ4v) is 13.1. The monoisotopic (exact) mass is 1130 g/mol. The lowest BCUT2D eigenvalue weighted by Crippen LogP contribution is -2.58. The number of aromatic carboxylic acids is 1.